The van der Waals surface area contributed by atoms with Gasteiger partial charge in [0.05, 0.1) is 6.10 Å². The van der Waals surface area contributed by atoms with Crippen LogP contribution in [0.15, 0.2) is 5.38 Å². The van der Waals surface area contributed by atoms with Crippen molar-refractivity contribution in [3.05, 3.63) is 11.1 Å². The lowest BCUT2D eigenvalue weighted by Crippen LogP contribution is -2.37. The molecule has 1 fully saturated rings. The van der Waals surface area contributed by atoms with E-state index in [2.05, 4.69) is 18.8 Å². The largest absolute Gasteiger partial charge is 0.393 e. The van der Waals surface area contributed by atoms with Gasteiger partial charge >= 0.3 is 0 Å². The van der Waals surface area contributed by atoms with Crippen molar-refractivity contribution in [2.24, 2.45) is 5.41 Å². The van der Waals surface area contributed by atoms with Crippen LogP contribution < -0.4 is 5.73 Å². The number of thiazole rings is 1. The van der Waals surface area contributed by atoms with Gasteiger partial charge in [0.1, 0.15) is 5.69 Å². The number of nitrogens with two attached hydrogens (primary N) is 1. The van der Waals surface area contributed by atoms with Crippen molar-refractivity contribution in [2.45, 2.75) is 32.8 Å². The number of aromatic nitrogens is 1. The van der Waals surface area contributed by atoms with E-state index in [4.69, 9.17) is 5.73 Å². The van der Waals surface area contributed by atoms with E-state index < -0.39 is 0 Å². The summed E-state index contributed by atoms with van der Waals surface area (Å²) >= 11 is 1.27. The molecule has 2 rings (SSSR count). The standard InChI is InChI=1S/C12H19N3O2S/c1-12(2)5-8(16)3-4-15(7-12)10(17)9-6-18-11(13)14-9/h6,8,16H,3-5,7H2,1-2H3,(H2,13,14)/t8-/m0/s1. The second kappa shape index (κ2) is 4.85. The molecule has 100 valence electrons. The number of carbonyl (C=O) groups excluding carboxylic acids is 1. The van der Waals surface area contributed by atoms with Crippen LogP contribution in [-0.4, -0.2) is 40.1 Å². The molecule has 1 atom stereocenters. The monoisotopic (exact) mass is 269 g/mol. The van der Waals surface area contributed by atoms with Crippen LogP contribution in [0.25, 0.3) is 0 Å². The number of amides is 1. The summed E-state index contributed by atoms with van der Waals surface area (Å²) in [4.78, 5) is 18.1. The van der Waals surface area contributed by atoms with Gasteiger partial charge < -0.3 is 15.7 Å². The Morgan fingerprint density at radius 3 is 3.00 bits per heavy atom. The predicted molar refractivity (Wildman–Crippen MR) is 71.5 cm³/mol. The van der Waals surface area contributed by atoms with E-state index in [9.17, 15) is 9.90 Å². The summed E-state index contributed by atoms with van der Waals surface area (Å²) < 4.78 is 0. The van der Waals surface area contributed by atoms with E-state index in [1.807, 2.05) is 0 Å². The third kappa shape index (κ3) is 3.00. The fourth-order valence-corrected chi connectivity index (χ4v) is 2.96. The molecule has 0 aliphatic carbocycles. The van der Waals surface area contributed by atoms with Crippen molar-refractivity contribution in [3.8, 4) is 0 Å². The van der Waals surface area contributed by atoms with Crippen LogP contribution in [0.2, 0.25) is 0 Å². The third-order valence-electron chi connectivity index (χ3n) is 3.17. The summed E-state index contributed by atoms with van der Waals surface area (Å²) in [6, 6.07) is 0. The number of hydrogen-bond acceptors (Lipinski definition) is 5. The highest BCUT2D eigenvalue weighted by Crippen LogP contribution is 2.29. The van der Waals surface area contributed by atoms with Crippen molar-refractivity contribution < 1.29 is 9.90 Å². The molecule has 0 spiro atoms. The molecule has 6 heteroatoms. The highest BCUT2D eigenvalue weighted by molar-refractivity contribution is 7.13. The molecule has 0 bridgehead atoms. The van der Waals surface area contributed by atoms with Gasteiger partial charge in [-0.15, -0.1) is 11.3 Å². The quantitative estimate of drug-likeness (QED) is 0.806. The zero-order valence-electron chi connectivity index (χ0n) is 10.7. The minimum Gasteiger partial charge on any atom is -0.393 e. The fraction of sp³-hybridized carbons (Fsp3) is 0.667. The Labute approximate surface area is 111 Å². The van der Waals surface area contributed by atoms with Gasteiger partial charge in [0.15, 0.2) is 5.13 Å². The molecule has 0 radical (unpaired) electrons. The number of rotatable bonds is 1. The van der Waals surface area contributed by atoms with Crippen molar-refractivity contribution >= 4 is 22.4 Å². The Balaban J connectivity index is 2.15. The second-order valence-corrected chi connectivity index (χ2v) is 6.50. The van der Waals surface area contributed by atoms with E-state index >= 15 is 0 Å². The lowest BCUT2D eigenvalue weighted by atomic mass is 9.87. The molecule has 18 heavy (non-hydrogen) atoms. The molecule has 1 aromatic heterocycles. The highest BCUT2D eigenvalue weighted by atomic mass is 32.1. The molecule has 2 heterocycles. The summed E-state index contributed by atoms with van der Waals surface area (Å²) in [6.07, 6.45) is 1.00. The van der Waals surface area contributed by atoms with Crippen LogP contribution in [-0.2, 0) is 0 Å². The van der Waals surface area contributed by atoms with Gasteiger partial charge in [-0.1, -0.05) is 13.8 Å². The minimum atomic E-state index is -0.335. The molecule has 0 aromatic carbocycles. The second-order valence-electron chi connectivity index (χ2n) is 5.61. The van der Waals surface area contributed by atoms with Crippen molar-refractivity contribution in [2.75, 3.05) is 18.8 Å². The van der Waals surface area contributed by atoms with Crippen molar-refractivity contribution in [1.82, 2.24) is 9.88 Å². The zero-order valence-corrected chi connectivity index (χ0v) is 11.5. The van der Waals surface area contributed by atoms with Crippen LogP contribution in [0.5, 0.6) is 0 Å². The average Bonchev–Trinajstić information content (AvgIpc) is 2.63. The van der Waals surface area contributed by atoms with Gasteiger partial charge in [-0.25, -0.2) is 4.98 Å². The number of nitrogen functional groups attached to an aromatic ring is 1. The summed E-state index contributed by atoms with van der Waals surface area (Å²) in [5, 5.41) is 11.9. The molecule has 0 unspecified atom stereocenters. The maximum atomic E-state index is 12.3. The molecule has 1 aromatic rings. The number of nitrogens with zero attached hydrogens (tertiary/aromatic N) is 2. The van der Waals surface area contributed by atoms with E-state index in [0.717, 1.165) is 6.42 Å². The smallest absolute Gasteiger partial charge is 0.273 e. The molecule has 3 N–H and O–H groups in total. The Hall–Kier alpha value is -1.14. The fourth-order valence-electron chi connectivity index (χ4n) is 2.43. The molecule has 1 saturated heterocycles. The summed E-state index contributed by atoms with van der Waals surface area (Å²) in [7, 11) is 0. The summed E-state index contributed by atoms with van der Waals surface area (Å²) in [5.74, 6) is -0.0925. The number of anilines is 1. The Morgan fingerprint density at radius 1 is 1.67 bits per heavy atom. The van der Waals surface area contributed by atoms with E-state index in [-0.39, 0.29) is 17.4 Å². The van der Waals surface area contributed by atoms with Crippen molar-refractivity contribution in [3.63, 3.8) is 0 Å². The Bertz CT molecular complexity index is 444. The molecule has 0 saturated carbocycles. The highest BCUT2D eigenvalue weighted by Gasteiger charge is 2.32. The van der Waals surface area contributed by atoms with Gasteiger partial charge in [0, 0.05) is 18.5 Å². The maximum absolute atomic E-state index is 12.3. The van der Waals surface area contributed by atoms with Crippen LogP contribution in [0.1, 0.15) is 37.2 Å². The van der Waals surface area contributed by atoms with Crippen LogP contribution in [0.3, 0.4) is 0 Å². The third-order valence-corrected chi connectivity index (χ3v) is 3.84. The number of aliphatic hydroxyl groups excluding tert-OH is 1. The number of carbonyl (C=O) groups is 1. The first-order chi connectivity index (χ1) is 8.37. The molecule has 1 aliphatic heterocycles. The number of likely N-dealkylation sites (tertiary alicyclic amines) is 1. The van der Waals surface area contributed by atoms with Gasteiger partial charge in [0.25, 0.3) is 5.91 Å². The lowest BCUT2D eigenvalue weighted by Gasteiger charge is -2.29. The van der Waals surface area contributed by atoms with E-state index in [1.54, 1.807) is 10.3 Å². The maximum Gasteiger partial charge on any atom is 0.273 e. The number of aliphatic hydroxyl groups is 1. The molecule has 5 nitrogen and oxygen atoms in total. The van der Waals surface area contributed by atoms with Crippen molar-refractivity contribution in [1.29, 1.82) is 0 Å². The van der Waals surface area contributed by atoms with Gasteiger partial charge in [-0.05, 0) is 18.3 Å². The number of hydrogen-bond donors (Lipinski definition) is 2. The van der Waals surface area contributed by atoms with Gasteiger partial charge in [0.2, 0.25) is 0 Å². The first-order valence-electron chi connectivity index (χ1n) is 6.06. The average molecular weight is 269 g/mol. The predicted octanol–water partition coefficient (Wildman–Crippen LogP) is 1.35. The van der Waals surface area contributed by atoms with E-state index in [1.165, 1.54) is 11.3 Å². The minimum absolute atomic E-state index is 0.0762. The Kier molecular flexibility index (Phi) is 3.59. The Morgan fingerprint density at radius 2 is 2.39 bits per heavy atom. The first-order valence-corrected chi connectivity index (χ1v) is 6.94. The topological polar surface area (TPSA) is 79.5 Å². The van der Waals surface area contributed by atoms with E-state index in [0.29, 0.717) is 30.3 Å². The van der Waals surface area contributed by atoms with Crippen LogP contribution in [0.4, 0.5) is 5.13 Å². The van der Waals surface area contributed by atoms with Crippen LogP contribution >= 0.6 is 11.3 Å². The first kappa shape index (κ1) is 13.3. The summed E-state index contributed by atoms with van der Waals surface area (Å²) in [5.41, 5.74) is 5.88. The van der Waals surface area contributed by atoms with Gasteiger partial charge in [-0.2, -0.15) is 0 Å². The normalized spacial score (nSPS) is 23.7. The SMILES string of the molecule is CC1(C)C[C@@H](O)CCN(C(=O)c2csc(N)n2)C1. The summed E-state index contributed by atoms with van der Waals surface area (Å²) in [6.45, 7) is 5.34. The lowest BCUT2D eigenvalue weighted by molar-refractivity contribution is 0.0700. The zero-order chi connectivity index (χ0) is 13.3. The molecule has 1 amide bonds. The molecular formula is C12H19N3O2S. The van der Waals surface area contributed by atoms with Gasteiger partial charge in [-0.3, -0.25) is 4.79 Å². The van der Waals surface area contributed by atoms with Crippen LogP contribution in [0, 0.1) is 5.41 Å². The molecule has 1 aliphatic rings. The molecular weight excluding hydrogens is 250 g/mol.